The summed E-state index contributed by atoms with van der Waals surface area (Å²) in [5.41, 5.74) is 15.9. The minimum atomic E-state index is -3.78. The number of rotatable bonds is 3. The van der Waals surface area contributed by atoms with E-state index in [1.165, 1.54) is 0 Å². The van der Waals surface area contributed by atoms with Crippen LogP contribution in [0.15, 0.2) is 204 Å². The van der Waals surface area contributed by atoms with Gasteiger partial charge >= 0.3 is 0 Å². The molecule has 1 aromatic heterocycles. The molecule has 0 bridgehead atoms. The molecule has 2 heterocycles. The Bertz CT molecular complexity index is 3250. The summed E-state index contributed by atoms with van der Waals surface area (Å²) in [7, 11) is -3.78. The van der Waals surface area contributed by atoms with Gasteiger partial charge in [0.1, 0.15) is 0 Å². The van der Waals surface area contributed by atoms with E-state index in [1.54, 1.807) is 12.1 Å². The van der Waals surface area contributed by atoms with Crippen molar-refractivity contribution in [1.82, 2.24) is 9.97 Å². The molecule has 1 atom stereocenters. The van der Waals surface area contributed by atoms with Crippen molar-refractivity contribution in [2.24, 2.45) is 0 Å². The van der Waals surface area contributed by atoms with E-state index in [4.69, 9.17) is 9.97 Å². The molecule has 0 saturated carbocycles. The van der Waals surface area contributed by atoms with Crippen LogP contribution >= 0.6 is 0 Å². The number of benzene rings is 8. The van der Waals surface area contributed by atoms with Crippen molar-refractivity contribution in [1.29, 1.82) is 0 Å². The number of fused-ring (bicyclic) bond motifs is 15. The number of aromatic nitrogens is 2. The Kier molecular flexibility index (Phi) is 6.91. The summed E-state index contributed by atoms with van der Waals surface area (Å²) in [6.07, 6.45) is 0. The Morgan fingerprint density at radius 3 is 1.43 bits per heavy atom. The van der Waals surface area contributed by atoms with E-state index in [1.807, 2.05) is 54.6 Å². The van der Waals surface area contributed by atoms with Crippen LogP contribution < -0.4 is 0 Å². The fourth-order valence-electron chi connectivity index (χ4n) is 9.82. The highest BCUT2D eigenvalue weighted by Crippen LogP contribution is 2.63. The third-order valence-corrected chi connectivity index (χ3v) is 14.1. The standard InChI is InChI=1S/C53H32N2O2S/c56-58(57)50-26-14-11-23-41(50)43-30-42-39-22-10-13-25-45(39)53(47(42)31-51(43)58)44-24-12-9-21-38(44)36-19-7-8-20-37(36)40-28-27-35(29-46(40)53)52-54-48(33-15-3-1-4-16-33)32-49(55-52)34-17-5-2-6-18-34/h1-32H. The Labute approximate surface area is 336 Å². The summed E-state index contributed by atoms with van der Waals surface area (Å²) < 4.78 is 29.0. The minimum Gasteiger partial charge on any atom is -0.228 e. The van der Waals surface area contributed by atoms with E-state index < -0.39 is 15.3 Å². The van der Waals surface area contributed by atoms with Gasteiger partial charge in [0.15, 0.2) is 5.82 Å². The van der Waals surface area contributed by atoms with Gasteiger partial charge in [0.25, 0.3) is 0 Å². The highest BCUT2D eigenvalue weighted by Gasteiger charge is 2.51. The molecule has 0 fully saturated rings. The highest BCUT2D eigenvalue weighted by atomic mass is 32.2. The minimum absolute atomic E-state index is 0.350. The molecular weight excluding hydrogens is 729 g/mol. The van der Waals surface area contributed by atoms with E-state index >= 15 is 0 Å². The molecule has 0 amide bonds. The van der Waals surface area contributed by atoms with Crippen LogP contribution in [0.3, 0.4) is 0 Å². The monoisotopic (exact) mass is 760 g/mol. The first-order chi connectivity index (χ1) is 28.5. The van der Waals surface area contributed by atoms with Gasteiger partial charge in [0.2, 0.25) is 9.84 Å². The van der Waals surface area contributed by atoms with Gasteiger partial charge in [-0.2, -0.15) is 0 Å². The second-order valence-corrected chi connectivity index (χ2v) is 17.1. The molecule has 2 aliphatic carbocycles. The third-order valence-electron chi connectivity index (χ3n) is 12.3. The average molecular weight is 761 g/mol. The molecule has 1 unspecified atom stereocenters. The third kappa shape index (κ3) is 4.48. The molecule has 0 radical (unpaired) electrons. The summed E-state index contributed by atoms with van der Waals surface area (Å²) in [4.78, 5) is 11.2. The predicted octanol–water partition coefficient (Wildman–Crippen LogP) is 12.3. The van der Waals surface area contributed by atoms with Crippen molar-refractivity contribution < 1.29 is 8.42 Å². The van der Waals surface area contributed by atoms with Crippen LogP contribution in [0.2, 0.25) is 0 Å². The molecule has 58 heavy (non-hydrogen) atoms. The molecule has 1 aliphatic heterocycles. The number of sulfone groups is 1. The van der Waals surface area contributed by atoms with Gasteiger partial charge in [-0.05, 0) is 86.0 Å². The van der Waals surface area contributed by atoms with E-state index in [2.05, 4.69) is 127 Å². The Morgan fingerprint density at radius 1 is 0.328 bits per heavy atom. The molecule has 4 nitrogen and oxygen atoms in total. The van der Waals surface area contributed by atoms with Crippen molar-refractivity contribution in [3.05, 3.63) is 216 Å². The largest absolute Gasteiger partial charge is 0.228 e. The highest BCUT2D eigenvalue weighted by molar-refractivity contribution is 7.92. The zero-order valence-electron chi connectivity index (χ0n) is 31.1. The van der Waals surface area contributed by atoms with E-state index in [0.717, 1.165) is 94.8 Å². The van der Waals surface area contributed by atoms with Gasteiger partial charge in [-0.1, -0.05) is 164 Å². The smallest absolute Gasteiger partial charge is 0.207 e. The van der Waals surface area contributed by atoms with Gasteiger partial charge < -0.3 is 0 Å². The fourth-order valence-corrected chi connectivity index (χ4v) is 11.5. The van der Waals surface area contributed by atoms with Crippen molar-refractivity contribution in [3.8, 4) is 78.4 Å². The normalized spacial score (nSPS) is 15.9. The van der Waals surface area contributed by atoms with Crippen molar-refractivity contribution >= 4 is 9.84 Å². The molecular formula is C53H32N2O2S. The molecule has 0 N–H and O–H groups in total. The first-order valence-electron chi connectivity index (χ1n) is 19.5. The lowest BCUT2D eigenvalue weighted by atomic mass is 9.65. The Balaban J connectivity index is 1.21. The van der Waals surface area contributed by atoms with Gasteiger partial charge in [0.05, 0.1) is 26.6 Å². The maximum absolute atomic E-state index is 14.5. The van der Waals surface area contributed by atoms with E-state index in [9.17, 15) is 8.42 Å². The maximum Gasteiger partial charge on any atom is 0.207 e. The summed E-state index contributed by atoms with van der Waals surface area (Å²) in [5, 5.41) is 0. The summed E-state index contributed by atoms with van der Waals surface area (Å²) in [5.74, 6) is 0.613. The van der Waals surface area contributed by atoms with Crippen molar-refractivity contribution in [3.63, 3.8) is 0 Å². The molecule has 9 aromatic rings. The van der Waals surface area contributed by atoms with Gasteiger partial charge in [-0.15, -0.1) is 0 Å². The molecule has 5 heteroatoms. The lowest BCUT2D eigenvalue weighted by molar-refractivity contribution is 0.598. The quantitative estimate of drug-likeness (QED) is 0.180. The van der Waals surface area contributed by atoms with Crippen molar-refractivity contribution in [2.75, 3.05) is 0 Å². The number of nitrogens with zero attached hydrogens (tertiary/aromatic N) is 2. The second kappa shape index (κ2) is 12.1. The van der Waals surface area contributed by atoms with Crippen LogP contribution in [0.25, 0.3) is 78.4 Å². The van der Waals surface area contributed by atoms with Crippen LogP contribution in [0.4, 0.5) is 0 Å². The van der Waals surface area contributed by atoms with Gasteiger partial charge in [-0.3, -0.25) is 0 Å². The van der Waals surface area contributed by atoms with Crippen LogP contribution in [-0.2, 0) is 15.3 Å². The Hall–Kier alpha value is -7.21. The first-order valence-corrected chi connectivity index (χ1v) is 21.0. The average Bonchev–Trinajstić information content (AvgIpc) is 3.66. The predicted molar refractivity (Wildman–Crippen MR) is 231 cm³/mol. The lowest BCUT2D eigenvalue weighted by Crippen LogP contribution is -2.29. The lowest BCUT2D eigenvalue weighted by Gasteiger charge is -2.35. The topological polar surface area (TPSA) is 59.9 Å². The van der Waals surface area contributed by atoms with Crippen LogP contribution in [0.1, 0.15) is 22.3 Å². The summed E-state index contributed by atoms with van der Waals surface area (Å²) >= 11 is 0. The number of hydrogen-bond acceptors (Lipinski definition) is 4. The molecule has 3 aliphatic rings. The molecule has 1 spiro atoms. The zero-order chi connectivity index (χ0) is 38.6. The maximum atomic E-state index is 14.5. The summed E-state index contributed by atoms with van der Waals surface area (Å²) in [6, 6.07) is 66.6. The van der Waals surface area contributed by atoms with E-state index in [-0.39, 0.29) is 0 Å². The molecule has 272 valence electrons. The summed E-state index contributed by atoms with van der Waals surface area (Å²) in [6.45, 7) is 0. The van der Waals surface area contributed by atoms with E-state index in [0.29, 0.717) is 15.6 Å². The van der Waals surface area contributed by atoms with Crippen LogP contribution in [0, 0.1) is 0 Å². The number of hydrogen-bond donors (Lipinski definition) is 0. The fraction of sp³-hybridized carbons (Fsp3) is 0.0189. The van der Waals surface area contributed by atoms with Crippen LogP contribution in [-0.4, -0.2) is 18.4 Å². The van der Waals surface area contributed by atoms with Crippen LogP contribution in [0.5, 0.6) is 0 Å². The molecule has 12 rings (SSSR count). The molecule has 0 saturated heterocycles. The first kappa shape index (κ1) is 33.0. The Morgan fingerprint density at radius 2 is 0.810 bits per heavy atom. The van der Waals surface area contributed by atoms with Gasteiger partial charge in [0, 0.05) is 27.8 Å². The van der Waals surface area contributed by atoms with Gasteiger partial charge in [-0.25, -0.2) is 18.4 Å². The van der Waals surface area contributed by atoms with Crippen molar-refractivity contribution in [2.45, 2.75) is 15.2 Å². The SMILES string of the molecule is O=S1(=O)c2ccccc2-c2cc3c(cc21)C1(c2ccccc2-c2ccccc2-c2ccc(-c4nc(-c5ccccc5)cc(-c5ccccc5)n4)cc21)c1ccccc1-3. The zero-order valence-corrected chi connectivity index (χ0v) is 31.9. The second-order valence-electron chi connectivity index (χ2n) is 15.2. The molecule has 8 aromatic carbocycles.